The van der Waals surface area contributed by atoms with E-state index in [1.807, 2.05) is 0 Å². The molecule has 0 saturated carbocycles. The fraction of sp³-hybridized carbons (Fsp3) is 0. The number of aromatic carboxylic acids is 2. The number of nitrogens with zero attached hydrogens (tertiary/aromatic N) is 3. The van der Waals surface area contributed by atoms with Crippen molar-refractivity contribution in [3.63, 3.8) is 0 Å². The van der Waals surface area contributed by atoms with E-state index >= 15 is 0 Å². The van der Waals surface area contributed by atoms with Gasteiger partial charge in [0.2, 0.25) is 0 Å². The smallest absolute Gasteiger partial charge is 0.335 e. The maximum Gasteiger partial charge on any atom is 0.335 e. The first kappa shape index (κ1) is 14.8. The fourth-order valence-electron chi connectivity index (χ4n) is 1.13. The van der Waals surface area contributed by atoms with Crippen LogP contribution in [0.3, 0.4) is 0 Å². The molecule has 1 aromatic carbocycles. The molecule has 0 saturated heterocycles. The van der Waals surface area contributed by atoms with Crippen LogP contribution in [-0.2, 0) is 0 Å². The summed E-state index contributed by atoms with van der Waals surface area (Å²) >= 11 is 0. The molecular weight excluding hydrogens is 272 g/mol. The second-order valence-electron chi connectivity index (χ2n) is 3.29. The maximum atomic E-state index is 10.5. The molecule has 0 radical (unpaired) electrons. The second-order valence-corrected chi connectivity index (χ2v) is 3.29. The van der Waals surface area contributed by atoms with Gasteiger partial charge in [-0.3, -0.25) is 10.1 Å². The van der Waals surface area contributed by atoms with E-state index in [0.717, 1.165) is 18.2 Å². The Morgan fingerprint density at radius 1 is 1.05 bits per heavy atom. The normalized spacial score (nSPS) is 9.20. The summed E-state index contributed by atoms with van der Waals surface area (Å²) in [7, 11) is 0. The van der Waals surface area contributed by atoms with Crippen molar-refractivity contribution in [1.29, 1.82) is 0 Å². The molecule has 1 aromatic heterocycles. The predicted molar refractivity (Wildman–Crippen MR) is 63.4 cm³/mol. The zero-order chi connectivity index (χ0) is 15.1. The Bertz CT molecular complexity index is 528. The number of nitro benzene ring substituents is 1. The van der Waals surface area contributed by atoms with Gasteiger partial charge in [0, 0.05) is 12.1 Å². The zero-order valence-corrected chi connectivity index (χ0v) is 9.76. The number of carbonyl (C=O) groups is 2. The van der Waals surface area contributed by atoms with Crippen LogP contribution in [0.2, 0.25) is 0 Å². The Morgan fingerprint density at radius 3 is 1.75 bits per heavy atom. The Kier molecular flexibility index (Phi) is 4.86. The molecule has 0 atom stereocenters. The first-order valence-corrected chi connectivity index (χ1v) is 4.97. The van der Waals surface area contributed by atoms with Gasteiger partial charge in [-0.25, -0.2) is 9.59 Å². The van der Waals surface area contributed by atoms with Crippen LogP contribution >= 0.6 is 0 Å². The van der Waals surface area contributed by atoms with Crippen LogP contribution in [0, 0.1) is 10.1 Å². The first-order valence-electron chi connectivity index (χ1n) is 4.97. The first-order chi connectivity index (χ1) is 9.41. The lowest BCUT2D eigenvalue weighted by Gasteiger charge is -1.98. The van der Waals surface area contributed by atoms with Crippen molar-refractivity contribution >= 4 is 17.6 Å². The quantitative estimate of drug-likeness (QED) is 0.549. The molecule has 3 N–H and O–H groups in total. The van der Waals surface area contributed by atoms with E-state index in [1.165, 1.54) is 0 Å². The third kappa shape index (κ3) is 4.18. The topological polar surface area (TPSA) is 159 Å². The summed E-state index contributed by atoms with van der Waals surface area (Å²) in [5.41, 5.74) is -1.42. The van der Waals surface area contributed by atoms with Gasteiger partial charge in [-0.15, -0.1) is 0 Å². The summed E-state index contributed by atoms with van der Waals surface area (Å²) in [6.07, 6.45) is 3.17. The Labute approximate surface area is 110 Å². The van der Waals surface area contributed by atoms with Crippen molar-refractivity contribution < 1.29 is 24.7 Å². The molecule has 20 heavy (non-hydrogen) atoms. The number of non-ortho nitro benzene ring substituents is 1. The largest absolute Gasteiger partial charge is 0.478 e. The van der Waals surface area contributed by atoms with Crippen molar-refractivity contribution in [1.82, 2.24) is 15.4 Å². The molecule has 0 fully saturated rings. The van der Waals surface area contributed by atoms with Crippen molar-refractivity contribution in [3.05, 3.63) is 51.8 Å². The molecule has 2 rings (SSSR count). The van der Waals surface area contributed by atoms with E-state index in [9.17, 15) is 19.7 Å². The predicted octanol–water partition coefficient (Wildman–Crippen LogP) is 0.796. The van der Waals surface area contributed by atoms with Gasteiger partial charge < -0.3 is 10.2 Å². The Hall–Kier alpha value is -3.30. The average Bonchev–Trinajstić information content (AvgIpc) is 2.97. The summed E-state index contributed by atoms with van der Waals surface area (Å²) in [5, 5.41) is 36.9. The number of hydrogen-bond acceptors (Lipinski definition) is 6. The van der Waals surface area contributed by atoms with Crippen LogP contribution < -0.4 is 0 Å². The van der Waals surface area contributed by atoms with Gasteiger partial charge in [-0.05, 0) is 6.07 Å². The number of nitro groups is 1. The van der Waals surface area contributed by atoms with Crippen LogP contribution in [0.1, 0.15) is 20.7 Å². The van der Waals surface area contributed by atoms with Crippen LogP contribution in [0.25, 0.3) is 0 Å². The van der Waals surface area contributed by atoms with Gasteiger partial charge in [-0.2, -0.15) is 15.4 Å². The minimum atomic E-state index is -1.42. The molecule has 0 bridgehead atoms. The highest BCUT2D eigenvalue weighted by Crippen LogP contribution is 2.17. The molecule has 0 aliphatic carbocycles. The molecule has 1 heterocycles. The third-order valence-electron chi connectivity index (χ3n) is 1.95. The number of carboxylic acids is 2. The number of carboxylic acid groups (broad SMARTS) is 2. The van der Waals surface area contributed by atoms with Crippen LogP contribution in [0.15, 0.2) is 30.6 Å². The van der Waals surface area contributed by atoms with Crippen molar-refractivity contribution in [3.8, 4) is 0 Å². The number of rotatable bonds is 3. The van der Waals surface area contributed by atoms with Crippen LogP contribution in [0.4, 0.5) is 5.69 Å². The molecule has 10 heteroatoms. The van der Waals surface area contributed by atoms with Crippen LogP contribution in [0.5, 0.6) is 0 Å². The lowest BCUT2D eigenvalue weighted by Crippen LogP contribution is -2.04. The number of H-pyrrole nitrogens is 1. The van der Waals surface area contributed by atoms with Crippen LogP contribution in [-0.4, -0.2) is 42.5 Å². The van der Waals surface area contributed by atoms with Gasteiger partial charge in [0.25, 0.3) is 5.69 Å². The summed E-state index contributed by atoms with van der Waals surface area (Å²) in [5.74, 6) is -2.83. The third-order valence-corrected chi connectivity index (χ3v) is 1.95. The maximum absolute atomic E-state index is 10.5. The molecule has 2 aromatic rings. The Balaban J connectivity index is 0.000000333. The average molecular weight is 280 g/mol. The molecule has 104 valence electrons. The highest BCUT2D eigenvalue weighted by atomic mass is 16.6. The van der Waals surface area contributed by atoms with Crippen molar-refractivity contribution in [2.45, 2.75) is 0 Å². The lowest BCUT2D eigenvalue weighted by molar-refractivity contribution is -0.384. The minimum Gasteiger partial charge on any atom is -0.478 e. The number of aromatic nitrogens is 3. The molecule has 10 nitrogen and oxygen atoms in total. The monoisotopic (exact) mass is 280 g/mol. The van der Waals surface area contributed by atoms with E-state index < -0.39 is 33.7 Å². The fourth-order valence-corrected chi connectivity index (χ4v) is 1.13. The molecule has 0 spiro atoms. The summed E-state index contributed by atoms with van der Waals surface area (Å²) in [6, 6.07) is 2.46. The van der Waals surface area contributed by atoms with Gasteiger partial charge >= 0.3 is 11.9 Å². The lowest BCUT2D eigenvalue weighted by atomic mass is 10.1. The summed E-state index contributed by atoms with van der Waals surface area (Å²) in [4.78, 5) is 30.6. The number of nitrogens with one attached hydrogen (secondary N) is 1. The molecular formula is C10H8N4O6. The van der Waals surface area contributed by atoms with E-state index in [-0.39, 0.29) is 0 Å². The summed E-state index contributed by atoms with van der Waals surface area (Å²) < 4.78 is 0. The van der Waals surface area contributed by atoms with E-state index in [0.29, 0.717) is 0 Å². The molecule has 0 unspecified atom stereocenters. The highest BCUT2D eigenvalue weighted by molar-refractivity contribution is 5.94. The van der Waals surface area contributed by atoms with Gasteiger partial charge in [0.05, 0.1) is 28.4 Å². The van der Waals surface area contributed by atoms with E-state index in [4.69, 9.17) is 10.2 Å². The Morgan fingerprint density at radius 2 is 1.50 bits per heavy atom. The zero-order valence-electron chi connectivity index (χ0n) is 9.76. The molecule has 0 aliphatic heterocycles. The summed E-state index contributed by atoms with van der Waals surface area (Å²) in [6.45, 7) is 0. The van der Waals surface area contributed by atoms with Crippen molar-refractivity contribution in [2.24, 2.45) is 0 Å². The highest BCUT2D eigenvalue weighted by Gasteiger charge is 2.16. The standard InChI is InChI=1S/C8H5NO6.C2H3N3/c10-7(11)4-1-5(8(12)13)3-6(2-4)9(14)15;1-2-4-5-3-1/h1-3H,(H,10,11)(H,12,13);1-2H,(H,3,4,5). The van der Waals surface area contributed by atoms with Gasteiger partial charge in [0.1, 0.15) is 0 Å². The molecule has 0 aliphatic rings. The van der Waals surface area contributed by atoms with E-state index in [2.05, 4.69) is 15.4 Å². The van der Waals surface area contributed by atoms with Gasteiger partial charge in [0.15, 0.2) is 0 Å². The second kappa shape index (κ2) is 6.58. The number of hydrogen-bond donors (Lipinski definition) is 3. The SMILES string of the molecule is O=C(O)c1cc(C(=O)O)cc([N+](=O)[O-])c1.c1cn[nH]n1. The van der Waals surface area contributed by atoms with Gasteiger partial charge in [-0.1, -0.05) is 0 Å². The van der Waals surface area contributed by atoms with Crippen molar-refractivity contribution in [2.75, 3.05) is 0 Å². The molecule has 0 amide bonds. The minimum absolute atomic E-state index is 0.429. The number of benzene rings is 1. The van der Waals surface area contributed by atoms with E-state index in [1.54, 1.807) is 12.4 Å². The number of aromatic amines is 1.